The summed E-state index contributed by atoms with van der Waals surface area (Å²) >= 11 is 0. The molecule has 0 spiro atoms. The van der Waals surface area contributed by atoms with E-state index in [-0.39, 0.29) is 30.1 Å². The molecule has 5 nitrogen and oxygen atoms in total. The fourth-order valence-electron chi connectivity index (χ4n) is 1.56. The summed E-state index contributed by atoms with van der Waals surface area (Å²) < 4.78 is 13.0. The predicted molar refractivity (Wildman–Crippen MR) is 65.1 cm³/mol. The number of halogens is 1. The molecule has 0 aromatic heterocycles. The lowest BCUT2D eigenvalue weighted by molar-refractivity contribution is -0.119. The second kappa shape index (κ2) is 6.32. The summed E-state index contributed by atoms with van der Waals surface area (Å²) in [7, 11) is 0. The van der Waals surface area contributed by atoms with E-state index in [1.54, 1.807) is 0 Å². The standard InChI is InChI=1S/C12H17FN2O3/c1-7(16)15-5-4-11(17)12(18)9-6-8(13)2-3-10(9)14/h2-3,6,11-12,17-18H,4-5,14H2,1H3,(H,15,16). The molecule has 1 aromatic carbocycles. The first-order valence-corrected chi connectivity index (χ1v) is 5.57. The van der Waals surface area contributed by atoms with Crippen LogP contribution in [0.1, 0.15) is 25.0 Å². The van der Waals surface area contributed by atoms with Crippen LogP contribution in [0, 0.1) is 5.82 Å². The Morgan fingerprint density at radius 3 is 2.78 bits per heavy atom. The molecule has 100 valence electrons. The molecule has 2 unspecified atom stereocenters. The molecule has 0 radical (unpaired) electrons. The number of carbonyl (C=O) groups excluding carboxylic acids is 1. The number of carbonyl (C=O) groups is 1. The van der Waals surface area contributed by atoms with Crippen LogP contribution in [0.3, 0.4) is 0 Å². The zero-order chi connectivity index (χ0) is 13.7. The number of nitrogen functional groups attached to an aromatic ring is 1. The number of aliphatic hydroxyl groups excluding tert-OH is 2. The van der Waals surface area contributed by atoms with Gasteiger partial charge >= 0.3 is 0 Å². The Morgan fingerprint density at radius 1 is 1.50 bits per heavy atom. The van der Waals surface area contributed by atoms with Crippen molar-refractivity contribution in [3.63, 3.8) is 0 Å². The summed E-state index contributed by atoms with van der Waals surface area (Å²) in [6.07, 6.45) is -2.26. The molecule has 0 aliphatic heterocycles. The van der Waals surface area contributed by atoms with Gasteiger partial charge in [0.2, 0.25) is 5.91 Å². The van der Waals surface area contributed by atoms with E-state index < -0.39 is 18.0 Å². The lowest BCUT2D eigenvalue weighted by Gasteiger charge is -2.19. The summed E-state index contributed by atoms with van der Waals surface area (Å²) in [5.41, 5.74) is 5.95. The Balaban J connectivity index is 2.64. The molecule has 0 bridgehead atoms. The van der Waals surface area contributed by atoms with Crippen LogP contribution in [-0.4, -0.2) is 28.8 Å². The van der Waals surface area contributed by atoms with Gasteiger partial charge in [0.1, 0.15) is 11.9 Å². The highest BCUT2D eigenvalue weighted by Crippen LogP contribution is 2.25. The molecular weight excluding hydrogens is 239 g/mol. The third kappa shape index (κ3) is 3.97. The number of hydrogen-bond acceptors (Lipinski definition) is 4. The molecule has 6 heteroatoms. The van der Waals surface area contributed by atoms with Crippen molar-refractivity contribution in [1.29, 1.82) is 0 Å². The minimum absolute atomic E-state index is 0.144. The summed E-state index contributed by atoms with van der Waals surface area (Å²) in [5.74, 6) is -0.755. The monoisotopic (exact) mass is 256 g/mol. The number of amides is 1. The molecule has 0 aliphatic carbocycles. The van der Waals surface area contributed by atoms with Crippen molar-refractivity contribution in [2.45, 2.75) is 25.6 Å². The van der Waals surface area contributed by atoms with Crippen LogP contribution in [0.15, 0.2) is 18.2 Å². The van der Waals surface area contributed by atoms with Crippen molar-refractivity contribution >= 4 is 11.6 Å². The average molecular weight is 256 g/mol. The van der Waals surface area contributed by atoms with Crippen molar-refractivity contribution in [3.8, 4) is 0 Å². The molecule has 1 rings (SSSR count). The molecular formula is C12H17FN2O3. The summed E-state index contributed by atoms with van der Waals surface area (Å²) in [6, 6.07) is 3.59. The van der Waals surface area contributed by atoms with Crippen LogP contribution in [-0.2, 0) is 4.79 Å². The van der Waals surface area contributed by atoms with Gasteiger partial charge < -0.3 is 21.3 Å². The highest BCUT2D eigenvalue weighted by atomic mass is 19.1. The van der Waals surface area contributed by atoms with Gasteiger partial charge in [0, 0.05) is 24.7 Å². The SMILES string of the molecule is CC(=O)NCCC(O)C(O)c1cc(F)ccc1N. The van der Waals surface area contributed by atoms with Crippen LogP contribution >= 0.6 is 0 Å². The third-order valence-electron chi connectivity index (χ3n) is 2.55. The van der Waals surface area contributed by atoms with Crippen molar-refractivity contribution in [2.24, 2.45) is 0 Å². The Bertz CT molecular complexity index is 426. The largest absolute Gasteiger partial charge is 0.398 e. The average Bonchev–Trinajstić information content (AvgIpc) is 2.30. The summed E-state index contributed by atoms with van der Waals surface area (Å²) in [4.78, 5) is 10.6. The number of benzene rings is 1. The minimum Gasteiger partial charge on any atom is -0.398 e. The van der Waals surface area contributed by atoms with E-state index in [2.05, 4.69) is 5.32 Å². The van der Waals surface area contributed by atoms with Gasteiger partial charge in [-0.25, -0.2) is 4.39 Å². The summed E-state index contributed by atoms with van der Waals surface area (Å²) in [6.45, 7) is 1.58. The van der Waals surface area contributed by atoms with E-state index in [1.807, 2.05) is 0 Å². The fourth-order valence-corrected chi connectivity index (χ4v) is 1.56. The molecule has 1 aromatic rings. The maximum absolute atomic E-state index is 13.0. The molecule has 18 heavy (non-hydrogen) atoms. The first kappa shape index (κ1) is 14.4. The Kier molecular flexibility index (Phi) is 5.06. The zero-order valence-electron chi connectivity index (χ0n) is 10.1. The highest BCUT2D eigenvalue weighted by Gasteiger charge is 2.20. The lowest BCUT2D eigenvalue weighted by Crippen LogP contribution is -2.28. The third-order valence-corrected chi connectivity index (χ3v) is 2.55. The highest BCUT2D eigenvalue weighted by molar-refractivity contribution is 5.72. The van der Waals surface area contributed by atoms with Crippen LogP contribution < -0.4 is 11.1 Å². The molecule has 0 heterocycles. The second-order valence-electron chi connectivity index (χ2n) is 4.06. The zero-order valence-corrected chi connectivity index (χ0v) is 10.1. The maximum atomic E-state index is 13.0. The molecule has 5 N–H and O–H groups in total. The maximum Gasteiger partial charge on any atom is 0.216 e. The van der Waals surface area contributed by atoms with Gasteiger partial charge in [-0.15, -0.1) is 0 Å². The van der Waals surface area contributed by atoms with Crippen molar-refractivity contribution < 1.29 is 19.4 Å². The minimum atomic E-state index is -1.28. The van der Waals surface area contributed by atoms with Gasteiger partial charge in [0.05, 0.1) is 6.10 Å². The quantitative estimate of drug-likeness (QED) is 0.571. The van der Waals surface area contributed by atoms with Gasteiger partial charge in [0.25, 0.3) is 0 Å². The molecule has 0 aliphatic rings. The number of hydrogen-bond donors (Lipinski definition) is 4. The van der Waals surface area contributed by atoms with E-state index in [0.717, 1.165) is 6.07 Å². The van der Waals surface area contributed by atoms with Gasteiger partial charge in [0.15, 0.2) is 0 Å². The Morgan fingerprint density at radius 2 is 2.17 bits per heavy atom. The van der Waals surface area contributed by atoms with Crippen LogP contribution in [0.2, 0.25) is 0 Å². The Labute approximate surface area is 104 Å². The van der Waals surface area contributed by atoms with Gasteiger partial charge in [-0.3, -0.25) is 4.79 Å². The number of anilines is 1. The normalized spacial score (nSPS) is 14.0. The van der Waals surface area contributed by atoms with Crippen molar-refractivity contribution in [2.75, 3.05) is 12.3 Å². The Hall–Kier alpha value is -1.66. The van der Waals surface area contributed by atoms with Gasteiger partial charge in [-0.1, -0.05) is 0 Å². The number of nitrogens with one attached hydrogen (secondary N) is 1. The summed E-state index contributed by atoms with van der Waals surface area (Å²) in [5, 5.41) is 22.1. The van der Waals surface area contributed by atoms with Crippen LogP contribution in [0.25, 0.3) is 0 Å². The van der Waals surface area contributed by atoms with E-state index in [0.29, 0.717) is 0 Å². The molecule has 0 saturated heterocycles. The first-order chi connectivity index (χ1) is 8.41. The molecule has 1 amide bonds. The molecule has 0 saturated carbocycles. The first-order valence-electron chi connectivity index (χ1n) is 5.57. The van der Waals surface area contributed by atoms with E-state index in [1.165, 1.54) is 19.1 Å². The van der Waals surface area contributed by atoms with Gasteiger partial charge in [-0.2, -0.15) is 0 Å². The van der Waals surface area contributed by atoms with E-state index >= 15 is 0 Å². The predicted octanol–water partition coefficient (Wildman–Crippen LogP) is 0.328. The smallest absolute Gasteiger partial charge is 0.216 e. The fraction of sp³-hybridized carbons (Fsp3) is 0.417. The van der Waals surface area contributed by atoms with Crippen molar-refractivity contribution in [1.82, 2.24) is 5.32 Å². The van der Waals surface area contributed by atoms with E-state index in [9.17, 15) is 19.4 Å². The van der Waals surface area contributed by atoms with Crippen LogP contribution in [0.5, 0.6) is 0 Å². The molecule has 0 fully saturated rings. The topological polar surface area (TPSA) is 95.6 Å². The van der Waals surface area contributed by atoms with E-state index in [4.69, 9.17) is 5.73 Å². The second-order valence-corrected chi connectivity index (χ2v) is 4.06. The number of aliphatic hydroxyl groups is 2. The number of rotatable bonds is 5. The van der Waals surface area contributed by atoms with Crippen LogP contribution in [0.4, 0.5) is 10.1 Å². The van der Waals surface area contributed by atoms with Crippen molar-refractivity contribution in [3.05, 3.63) is 29.6 Å². The van der Waals surface area contributed by atoms with Gasteiger partial charge in [-0.05, 0) is 24.6 Å². The lowest BCUT2D eigenvalue weighted by atomic mass is 10.0. The number of nitrogens with two attached hydrogens (primary N) is 1. The molecule has 2 atom stereocenters.